The van der Waals surface area contributed by atoms with Gasteiger partial charge in [0.05, 0.1) is 17.4 Å². The molecule has 1 saturated heterocycles. The number of benzene rings is 1. The van der Waals surface area contributed by atoms with Gasteiger partial charge in [0.15, 0.2) is 0 Å². The second-order valence-electron chi connectivity index (χ2n) is 8.41. The molecule has 1 aliphatic heterocycles. The Bertz CT molecular complexity index is 1050. The van der Waals surface area contributed by atoms with E-state index in [1.807, 2.05) is 48.4 Å². The molecule has 0 radical (unpaired) electrons. The molecular weight excluding hydrogens is 438 g/mol. The van der Waals surface area contributed by atoms with Gasteiger partial charge >= 0.3 is 0 Å². The van der Waals surface area contributed by atoms with E-state index in [1.165, 1.54) is 11.3 Å². The zero-order valence-corrected chi connectivity index (χ0v) is 19.7. The van der Waals surface area contributed by atoms with E-state index in [4.69, 9.17) is 4.74 Å². The van der Waals surface area contributed by atoms with Crippen molar-refractivity contribution in [1.29, 1.82) is 0 Å². The molecule has 0 aliphatic carbocycles. The highest BCUT2D eigenvalue weighted by atomic mass is 32.1. The fourth-order valence-electron chi connectivity index (χ4n) is 3.86. The topological polar surface area (TPSA) is 100 Å². The molecule has 9 heteroatoms. The average Bonchev–Trinajstić information content (AvgIpc) is 3.51. The average molecular weight is 468 g/mol. The molecule has 0 unspecified atom stereocenters. The second-order valence-corrected chi connectivity index (χ2v) is 9.30. The van der Waals surface area contributed by atoms with E-state index in [-0.39, 0.29) is 23.8 Å². The van der Waals surface area contributed by atoms with Crippen molar-refractivity contribution in [3.8, 4) is 5.75 Å². The summed E-state index contributed by atoms with van der Waals surface area (Å²) >= 11 is 1.52. The van der Waals surface area contributed by atoms with Gasteiger partial charge in [-0.15, -0.1) is 11.3 Å². The number of carbonyl (C=O) groups is 2. The molecule has 1 aliphatic rings. The predicted octanol–water partition coefficient (Wildman–Crippen LogP) is 3.65. The highest BCUT2D eigenvalue weighted by Crippen LogP contribution is 2.31. The van der Waals surface area contributed by atoms with Crippen LogP contribution in [0.25, 0.3) is 0 Å². The fourth-order valence-corrected chi connectivity index (χ4v) is 4.83. The molecule has 2 amide bonds. The van der Waals surface area contributed by atoms with Crippen LogP contribution in [-0.2, 0) is 6.42 Å². The van der Waals surface area contributed by atoms with Gasteiger partial charge in [-0.1, -0.05) is 0 Å². The van der Waals surface area contributed by atoms with E-state index in [1.54, 1.807) is 12.5 Å². The van der Waals surface area contributed by atoms with Crippen molar-refractivity contribution >= 4 is 23.2 Å². The lowest BCUT2D eigenvalue weighted by atomic mass is 9.97. The number of likely N-dealkylation sites (tertiary alicyclic amines) is 1. The minimum atomic E-state index is -0.158. The first-order valence-corrected chi connectivity index (χ1v) is 12.1. The van der Waals surface area contributed by atoms with Gasteiger partial charge < -0.3 is 19.9 Å². The van der Waals surface area contributed by atoms with Crippen LogP contribution in [0.1, 0.15) is 64.2 Å². The molecule has 0 atom stereocenters. The maximum atomic E-state index is 12.9. The number of H-pyrrole nitrogens is 1. The summed E-state index contributed by atoms with van der Waals surface area (Å²) in [6.45, 7) is 5.84. The summed E-state index contributed by atoms with van der Waals surface area (Å²) in [6, 6.07) is 7.34. The van der Waals surface area contributed by atoms with Gasteiger partial charge in [0.25, 0.3) is 11.8 Å². The van der Waals surface area contributed by atoms with E-state index in [0.717, 1.165) is 29.3 Å². The van der Waals surface area contributed by atoms with E-state index in [0.29, 0.717) is 37.3 Å². The Morgan fingerprint density at radius 3 is 2.67 bits per heavy atom. The number of nitrogens with one attached hydrogen (secondary N) is 2. The number of amides is 2. The number of thiazole rings is 1. The third-order valence-electron chi connectivity index (χ3n) is 5.59. The molecule has 2 aromatic heterocycles. The molecule has 1 fully saturated rings. The molecule has 0 saturated carbocycles. The van der Waals surface area contributed by atoms with Crippen molar-refractivity contribution in [3.05, 3.63) is 64.1 Å². The maximum Gasteiger partial charge on any atom is 0.270 e. The number of ether oxygens (including phenoxy) is 1. The van der Waals surface area contributed by atoms with Gasteiger partial charge in [-0.2, -0.15) is 0 Å². The lowest BCUT2D eigenvalue weighted by molar-refractivity contribution is 0.0713. The van der Waals surface area contributed by atoms with Gasteiger partial charge in [0.2, 0.25) is 0 Å². The van der Waals surface area contributed by atoms with Crippen LogP contribution < -0.4 is 10.1 Å². The molecule has 1 aromatic carbocycles. The lowest BCUT2D eigenvalue weighted by Crippen LogP contribution is -2.37. The molecule has 3 aromatic rings. The van der Waals surface area contributed by atoms with Crippen LogP contribution in [0.3, 0.4) is 0 Å². The van der Waals surface area contributed by atoms with Gasteiger partial charge in [0.1, 0.15) is 11.4 Å². The maximum absolute atomic E-state index is 12.9. The molecular formula is C24H29N5O3S. The summed E-state index contributed by atoms with van der Waals surface area (Å²) < 4.78 is 5.65. The monoisotopic (exact) mass is 467 g/mol. The molecule has 33 heavy (non-hydrogen) atoms. The Morgan fingerprint density at radius 1 is 1.24 bits per heavy atom. The Labute approximate surface area is 197 Å². The van der Waals surface area contributed by atoms with Gasteiger partial charge in [-0.25, -0.2) is 9.97 Å². The van der Waals surface area contributed by atoms with Crippen LogP contribution in [0.4, 0.5) is 0 Å². The van der Waals surface area contributed by atoms with Crippen LogP contribution >= 0.6 is 11.3 Å². The fraction of sp³-hybridized carbons (Fsp3) is 0.417. The second kappa shape index (κ2) is 10.6. The number of imidazole rings is 1. The highest BCUT2D eigenvalue weighted by Gasteiger charge is 2.27. The number of hydrogen-bond acceptors (Lipinski definition) is 6. The third-order valence-corrected chi connectivity index (χ3v) is 6.60. The number of aromatic nitrogens is 3. The van der Waals surface area contributed by atoms with Crippen molar-refractivity contribution in [1.82, 2.24) is 25.2 Å². The summed E-state index contributed by atoms with van der Waals surface area (Å²) in [5.41, 5.74) is 2.12. The normalized spacial score (nSPS) is 14.5. The number of rotatable bonds is 8. The standard InChI is InChI=1S/C24H29N5O3S/c1-16(2)32-20-5-3-18(4-6-20)24(31)29-11-8-17(9-12-29)23-28-21(14-33-23)22(30)26-10-7-19-13-25-15-27-19/h3-6,13-17H,7-12H2,1-2H3,(H,25,27)(H,26,30). The van der Waals surface area contributed by atoms with Crippen molar-refractivity contribution in [2.45, 2.75) is 45.1 Å². The number of nitrogens with zero attached hydrogens (tertiary/aromatic N) is 3. The molecule has 174 valence electrons. The van der Waals surface area contributed by atoms with Crippen molar-refractivity contribution in [2.24, 2.45) is 0 Å². The SMILES string of the molecule is CC(C)Oc1ccc(C(=O)N2CCC(c3nc(C(=O)NCCc4cnc[nH]4)cs3)CC2)cc1. The van der Waals surface area contributed by atoms with Crippen LogP contribution in [0, 0.1) is 0 Å². The molecule has 4 rings (SSSR count). The Morgan fingerprint density at radius 2 is 2.00 bits per heavy atom. The largest absolute Gasteiger partial charge is 0.491 e. The van der Waals surface area contributed by atoms with Gasteiger partial charge in [-0.05, 0) is 51.0 Å². The van der Waals surface area contributed by atoms with E-state index in [9.17, 15) is 9.59 Å². The first-order chi connectivity index (χ1) is 16.0. The summed E-state index contributed by atoms with van der Waals surface area (Å²) in [6.07, 6.45) is 5.86. The van der Waals surface area contributed by atoms with E-state index in [2.05, 4.69) is 20.3 Å². The quantitative estimate of drug-likeness (QED) is 0.527. The zero-order valence-electron chi connectivity index (χ0n) is 18.9. The summed E-state index contributed by atoms with van der Waals surface area (Å²) in [5.74, 6) is 0.924. The highest BCUT2D eigenvalue weighted by molar-refractivity contribution is 7.09. The summed E-state index contributed by atoms with van der Waals surface area (Å²) in [7, 11) is 0. The van der Waals surface area contributed by atoms with Crippen molar-refractivity contribution in [3.63, 3.8) is 0 Å². The molecule has 0 spiro atoms. The summed E-state index contributed by atoms with van der Waals surface area (Å²) in [5, 5.41) is 5.69. The Kier molecular flexibility index (Phi) is 7.39. The zero-order chi connectivity index (χ0) is 23.2. The molecule has 2 N–H and O–H groups in total. The molecule has 3 heterocycles. The third kappa shape index (κ3) is 5.98. The van der Waals surface area contributed by atoms with Crippen LogP contribution in [0.2, 0.25) is 0 Å². The number of aromatic amines is 1. The predicted molar refractivity (Wildman–Crippen MR) is 127 cm³/mol. The van der Waals surface area contributed by atoms with Crippen LogP contribution in [-0.4, -0.2) is 57.4 Å². The molecule has 8 nitrogen and oxygen atoms in total. The first kappa shape index (κ1) is 23.0. The first-order valence-electron chi connectivity index (χ1n) is 11.3. The number of piperidine rings is 1. The Balaban J connectivity index is 1.26. The lowest BCUT2D eigenvalue weighted by Gasteiger charge is -2.31. The minimum Gasteiger partial charge on any atom is -0.491 e. The Hall–Kier alpha value is -3.20. The number of hydrogen-bond donors (Lipinski definition) is 2. The van der Waals surface area contributed by atoms with Gasteiger partial charge in [0, 0.05) is 54.8 Å². The van der Waals surface area contributed by atoms with Crippen molar-refractivity contribution in [2.75, 3.05) is 19.6 Å². The van der Waals surface area contributed by atoms with E-state index >= 15 is 0 Å². The summed E-state index contributed by atoms with van der Waals surface area (Å²) in [4.78, 5) is 38.7. The minimum absolute atomic E-state index is 0.0426. The van der Waals surface area contributed by atoms with Crippen molar-refractivity contribution < 1.29 is 14.3 Å². The smallest absolute Gasteiger partial charge is 0.270 e. The number of carbonyl (C=O) groups excluding carboxylic acids is 2. The molecule has 0 bridgehead atoms. The van der Waals surface area contributed by atoms with E-state index < -0.39 is 0 Å². The van der Waals surface area contributed by atoms with Crippen LogP contribution in [0.15, 0.2) is 42.2 Å². The van der Waals surface area contributed by atoms with Crippen LogP contribution in [0.5, 0.6) is 5.75 Å². The van der Waals surface area contributed by atoms with Gasteiger partial charge in [-0.3, -0.25) is 9.59 Å².